The summed E-state index contributed by atoms with van der Waals surface area (Å²) in [6.45, 7) is 15.2. The minimum absolute atomic E-state index is 0.0174. The highest BCUT2D eigenvalue weighted by atomic mass is 35.5. The molecule has 1 atom stereocenters. The molecule has 1 unspecified atom stereocenters. The van der Waals surface area contributed by atoms with Gasteiger partial charge in [0.2, 0.25) is 5.91 Å². The Hall–Kier alpha value is -1.26. The van der Waals surface area contributed by atoms with E-state index in [0.717, 1.165) is 22.4 Å². The van der Waals surface area contributed by atoms with Crippen LogP contribution in [0.15, 0.2) is 6.07 Å². The number of carbonyl (C=O) groups excluding carboxylic acids is 1. The average Bonchev–Trinajstić information content (AvgIpc) is 2.55. The van der Waals surface area contributed by atoms with Crippen LogP contribution in [0.1, 0.15) is 64.3 Å². The van der Waals surface area contributed by atoms with Gasteiger partial charge < -0.3 is 14.4 Å². The molecule has 1 fully saturated rings. The van der Waals surface area contributed by atoms with Crippen LogP contribution in [-0.2, 0) is 9.53 Å². The summed E-state index contributed by atoms with van der Waals surface area (Å²) in [5.74, 6) is 2.01. The quantitative estimate of drug-likeness (QED) is 0.741. The second-order valence-electron chi connectivity index (χ2n) is 8.29. The number of ether oxygens (including phenoxy) is 2. The van der Waals surface area contributed by atoms with E-state index in [1.807, 2.05) is 31.7 Å². The van der Waals surface area contributed by atoms with Crippen molar-refractivity contribution in [3.63, 3.8) is 0 Å². The predicted molar refractivity (Wildman–Crippen MR) is 106 cm³/mol. The highest BCUT2D eigenvalue weighted by molar-refractivity contribution is 6.31. The molecule has 0 N–H and O–H groups in total. The Kier molecular flexibility index (Phi) is 6.29. The minimum atomic E-state index is -0.254. The van der Waals surface area contributed by atoms with E-state index in [0.29, 0.717) is 11.6 Å². The van der Waals surface area contributed by atoms with E-state index in [4.69, 9.17) is 21.1 Å². The van der Waals surface area contributed by atoms with Crippen molar-refractivity contribution in [2.24, 2.45) is 5.41 Å². The van der Waals surface area contributed by atoms with Gasteiger partial charge in [-0.25, -0.2) is 0 Å². The van der Waals surface area contributed by atoms with E-state index in [9.17, 15) is 4.79 Å². The average molecular weight is 381 g/mol. The Morgan fingerprint density at radius 1 is 1.38 bits per heavy atom. The zero-order chi connectivity index (χ0) is 19.8. The zero-order valence-corrected chi connectivity index (χ0v) is 18.0. The molecule has 1 radical (unpaired) electrons. The first-order chi connectivity index (χ1) is 12.0. The summed E-state index contributed by atoms with van der Waals surface area (Å²) in [4.78, 5) is 14.0. The maximum Gasteiger partial charge on any atom is 0.248 e. The van der Waals surface area contributed by atoms with Crippen molar-refractivity contribution in [2.45, 2.75) is 60.6 Å². The van der Waals surface area contributed by atoms with Crippen molar-refractivity contribution >= 4 is 17.5 Å². The van der Waals surface area contributed by atoms with Gasteiger partial charge in [0.25, 0.3) is 0 Å². The molecule has 5 heteroatoms. The van der Waals surface area contributed by atoms with Gasteiger partial charge in [0.05, 0.1) is 13.7 Å². The summed E-state index contributed by atoms with van der Waals surface area (Å²) in [6.07, 6.45) is -0.254. The van der Waals surface area contributed by atoms with E-state index in [1.165, 1.54) is 5.92 Å². The van der Waals surface area contributed by atoms with Crippen molar-refractivity contribution in [3.05, 3.63) is 33.7 Å². The normalized spacial score (nSPS) is 18.8. The van der Waals surface area contributed by atoms with Gasteiger partial charge in [-0.05, 0) is 37.8 Å². The molecule has 1 aromatic carbocycles. The van der Waals surface area contributed by atoms with Gasteiger partial charge in [-0.2, -0.15) is 0 Å². The summed E-state index contributed by atoms with van der Waals surface area (Å²) in [6, 6.07) is 2.11. The maximum absolute atomic E-state index is 12.2. The fourth-order valence-electron chi connectivity index (χ4n) is 3.30. The van der Waals surface area contributed by atoms with Crippen LogP contribution in [0, 0.1) is 18.3 Å². The van der Waals surface area contributed by atoms with Crippen LogP contribution >= 0.6 is 11.6 Å². The molecule has 0 spiro atoms. The van der Waals surface area contributed by atoms with Gasteiger partial charge in [0, 0.05) is 28.1 Å². The predicted octanol–water partition coefficient (Wildman–Crippen LogP) is 4.95. The summed E-state index contributed by atoms with van der Waals surface area (Å²) < 4.78 is 11.8. The highest BCUT2D eigenvalue weighted by Gasteiger charge is 2.35. The number of benzene rings is 1. The van der Waals surface area contributed by atoms with Gasteiger partial charge in [0.1, 0.15) is 18.5 Å². The molecular formula is C21H31ClNO3. The van der Waals surface area contributed by atoms with Crippen molar-refractivity contribution in [1.82, 2.24) is 4.90 Å². The molecule has 0 aliphatic carbocycles. The standard InChI is InChI=1S/C21H31ClNO3/c1-12(2)23-10-17(26-11-18(23)24)19-13(3)16(22)9-15(20(19)25-8)14(4)21(5,6)7/h9,12,17H,10-11H2,1-8H3. The lowest BCUT2D eigenvalue weighted by molar-refractivity contribution is -0.151. The van der Waals surface area contributed by atoms with Crippen LogP contribution in [0.3, 0.4) is 0 Å². The lowest BCUT2D eigenvalue weighted by atomic mass is 9.76. The third-order valence-electron chi connectivity index (χ3n) is 5.29. The smallest absolute Gasteiger partial charge is 0.248 e. The monoisotopic (exact) mass is 380 g/mol. The zero-order valence-electron chi connectivity index (χ0n) is 17.2. The highest BCUT2D eigenvalue weighted by Crippen LogP contribution is 2.45. The Bertz CT molecular complexity index is 679. The molecule has 1 aliphatic heterocycles. The summed E-state index contributed by atoms with van der Waals surface area (Å²) >= 11 is 6.58. The number of morpholine rings is 1. The Labute approximate surface area is 162 Å². The molecule has 0 saturated carbocycles. The second kappa shape index (κ2) is 7.77. The van der Waals surface area contributed by atoms with E-state index in [1.54, 1.807) is 7.11 Å². The number of hydrogen-bond donors (Lipinski definition) is 0. The van der Waals surface area contributed by atoms with Crippen LogP contribution in [0.2, 0.25) is 5.02 Å². The fraction of sp³-hybridized carbons (Fsp3) is 0.619. The molecule has 1 amide bonds. The first-order valence-electron chi connectivity index (χ1n) is 9.11. The molecule has 26 heavy (non-hydrogen) atoms. The summed E-state index contributed by atoms with van der Waals surface area (Å²) in [5, 5.41) is 0.691. The summed E-state index contributed by atoms with van der Waals surface area (Å²) in [5.41, 5.74) is 2.87. The largest absolute Gasteiger partial charge is 0.496 e. The maximum atomic E-state index is 12.2. The van der Waals surface area contributed by atoms with Crippen LogP contribution in [0.4, 0.5) is 0 Å². The van der Waals surface area contributed by atoms with Gasteiger partial charge >= 0.3 is 0 Å². The van der Waals surface area contributed by atoms with Crippen LogP contribution in [0.5, 0.6) is 5.75 Å². The molecule has 1 aliphatic rings. The fourth-order valence-corrected chi connectivity index (χ4v) is 3.51. The Balaban J connectivity index is 2.57. The number of nitrogens with zero attached hydrogens (tertiary/aromatic N) is 1. The van der Waals surface area contributed by atoms with Gasteiger partial charge in [0.15, 0.2) is 0 Å². The number of carbonyl (C=O) groups is 1. The Morgan fingerprint density at radius 2 is 2.00 bits per heavy atom. The number of amides is 1. The van der Waals surface area contributed by atoms with Crippen molar-refractivity contribution in [2.75, 3.05) is 20.3 Å². The topological polar surface area (TPSA) is 38.8 Å². The summed E-state index contributed by atoms with van der Waals surface area (Å²) in [7, 11) is 1.68. The SMILES string of the molecule is COc1c([C](C)C(C)(C)C)cc(Cl)c(C)c1C1CN(C(C)C)C(=O)CO1. The van der Waals surface area contributed by atoms with Crippen molar-refractivity contribution in [1.29, 1.82) is 0 Å². The molecule has 0 aromatic heterocycles. The van der Waals surface area contributed by atoms with E-state index in [-0.39, 0.29) is 30.1 Å². The van der Waals surface area contributed by atoms with Gasteiger partial charge in [-0.3, -0.25) is 4.79 Å². The van der Waals surface area contributed by atoms with E-state index in [2.05, 4.69) is 27.7 Å². The molecule has 1 aromatic rings. The molecule has 0 bridgehead atoms. The van der Waals surface area contributed by atoms with Gasteiger partial charge in [-0.1, -0.05) is 39.3 Å². The lowest BCUT2D eigenvalue weighted by Crippen LogP contribution is -2.46. The van der Waals surface area contributed by atoms with Crippen molar-refractivity contribution < 1.29 is 14.3 Å². The lowest BCUT2D eigenvalue weighted by Gasteiger charge is -2.37. The number of methoxy groups -OCH3 is 1. The first kappa shape index (κ1) is 21.0. The third-order valence-corrected chi connectivity index (χ3v) is 5.68. The van der Waals surface area contributed by atoms with Crippen LogP contribution in [0.25, 0.3) is 0 Å². The molecule has 145 valence electrons. The molecule has 1 saturated heterocycles. The van der Waals surface area contributed by atoms with E-state index >= 15 is 0 Å². The van der Waals surface area contributed by atoms with Crippen molar-refractivity contribution in [3.8, 4) is 5.75 Å². The number of halogens is 1. The van der Waals surface area contributed by atoms with Gasteiger partial charge in [-0.15, -0.1) is 0 Å². The molecule has 1 heterocycles. The molecule has 4 nitrogen and oxygen atoms in total. The molecule has 2 rings (SSSR count). The van der Waals surface area contributed by atoms with Crippen LogP contribution in [-0.4, -0.2) is 37.1 Å². The second-order valence-corrected chi connectivity index (χ2v) is 8.70. The first-order valence-corrected chi connectivity index (χ1v) is 9.49. The third kappa shape index (κ3) is 4.01. The van der Waals surface area contributed by atoms with E-state index < -0.39 is 0 Å². The molecular weight excluding hydrogens is 350 g/mol. The number of rotatable bonds is 4. The van der Waals surface area contributed by atoms with Crippen LogP contribution < -0.4 is 4.74 Å². The Morgan fingerprint density at radius 3 is 2.50 bits per heavy atom. The number of hydrogen-bond acceptors (Lipinski definition) is 3. The minimum Gasteiger partial charge on any atom is -0.496 e.